The highest BCUT2D eigenvalue weighted by Crippen LogP contribution is 2.18. The molecular weight excluding hydrogens is 254 g/mol. The number of amides is 2. The summed E-state index contributed by atoms with van der Waals surface area (Å²) in [6, 6.07) is 3.89. The summed E-state index contributed by atoms with van der Waals surface area (Å²) in [7, 11) is 0. The summed E-state index contributed by atoms with van der Waals surface area (Å²) in [5.74, 6) is 1.55. The maximum absolute atomic E-state index is 11.5. The van der Waals surface area contributed by atoms with E-state index < -0.39 is 0 Å². The van der Waals surface area contributed by atoms with E-state index in [1.54, 1.807) is 6.26 Å². The third kappa shape index (κ3) is 4.89. The van der Waals surface area contributed by atoms with Gasteiger partial charge in [0.2, 0.25) is 0 Å². The number of carbonyl (C=O) groups is 1. The van der Waals surface area contributed by atoms with Crippen LogP contribution >= 0.6 is 0 Å². The van der Waals surface area contributed by atoms with Gasteiger partial charge in [-0.1, -0.05) is 6.92 Å². The summed E-state index contributed by atoms with van der Waals surface area (Å²) < 4.78 is 5.39. The molecule has 0 spiro atoms. The average molecular weight is 279 g/mol. The summed E-state index contributed by atoms with van der Waals surface area (Å²) >= 11 is 0. The molecule has 0 radical (unpaired) electrons. The molecule has 0 unspecified atom stereocenters. The number of hydrogen-bond donors (Lipinski definition) is 2. The van der Waals surface area contributed by atoms with E-state index in [1.165, 1.54) is 12.8 Å². The van der Waals surface area contributed by atoms with E-state index in [4.69, 9.17) is 4.42 Å². The Morgan fingerprint density at radius 2 is 2.40 bits per heavy atom. The van der Waals surface area contributed by atoms with Crippen molar-refractivity contribution in [3.05, 3.63) is 24.2 Å². The topological polar surface area (TPSA) is 57.5 Å². The van der Waals surface area contributed by atoms with Crippen molar-refractivity contribution in [3.8, 4) is 0 Å². The van der Waals surface area contributed by atoms with Crippen LogP contribution < -0.4 is 10.6 Å². The molecular formula is C15H25N3O2. The number of rotatable bonds is 6. The number of likely N-dealkylation sites (tertiary alicyclic amines) is 1. The van der Waals surface area contributed by atoms with E-state index in [-0.39, 0.29) is 6.03 Å². The minimum Gasteiger partial charge on any atom is -0.468 e. The standard InChI is InChI=1S/C15H25N3O2/c1-2-7-16-15(19)17-10-13-5-3-8-18(11-13)12-14-6-4-9-20-14/h4,6,9,13H,2-3,5,7-8,10-12H2,1H3,(H2,16,17,19)/t13-/m0/s1. The zero-order valence-electron chi connectivity index (χ0n) is 12.2. The van der Waals surface area contributed by atoms with E-state index in [0.717, 1.165) is 44.9 Å². The van der Waals surface area contributed by atoms with Gasteiger partial charge in [0.1, 0.15) is 5.76 Å². The molecule has 5 heteroatoms. The van der Waals surface area contributed by atoms with Gasteiger partial charge in [0.15, 0.2) is 0 Å². The molecule has 5 nitrogen and oxygen atoms in total. The zero-order valence-corrected chi connectivity index (χ0v) is 12.2. The van der Waals surface area contributed by atoms with Gasteiger partial charge in [-0.15, -0.1) is 0 Å². The number of nitrogens with zero attached hydrogens (tertiary/aromatic N) is 1. The first-order valence-electron chi connectivity index (χ1n) is 7.54. The normalized spacial score (nSPS) is 19.8. The summed E-state index contributed by atoms with van der Waals surface area (Å²) in [6.07, 6.45) is 5.05. The highest BCUT2D eigenvalue weighted by atomic mass is 16.3. The Morgan fingerprint density at radius 1 is 1.50 bits per heavy atom. The minimum atomic E-state index is -0.0463. The summed E-state index contributed by atoms with van der Waals surface area (Å²) in [6.45, 7) is 6.54. The predicted molar refractivity (Wildman–Crippen MR) is 78.4 cm³/mol. The van der Waals surface area contributed by atoms with Gasteiger partial charge in [-0.05, 0) is 43.9 Å². The average Bonchev–Trinajstić information content (AvgIpc) is 2.96. The van der Waals surface area contributed by atoms with E-state index >= 15 is 0 Å². The molecule has 0 saturated carbocycles. The van der Waals surface area contributed by atoms with Crippen molar-refractivity contribution in [2.75, 3.05) is 26.2 Å². The number of hydrogen-bond acceptors (Lipinski definition) is 3. The van der Waals surface area contributed by atoms with Crippen LogP contribution in [0.2, 0.25) is 0 Å². The first-order valence-corrected chi connectivity index (χ1v) is 7.54. The highest BCUT2D eigenvalue weighted by Gasteiger charge is 2.20. The molecule has 2 amide bonds. The minimum absolute atomic E-state index is 0.0463. The van der Waals surface area contributed by atoms with Crippen LogP contribution in [0.4, 0.5) is 4.79 Å². The SMILES string of the molecule is CCCNC(=O)NC[C@@H]1CCCN(Cc2ccco2)C1. The smallest absolute Gasteiger partial charge is 0.314 e. The zero-order chi connectivity index (χ0) is 14.2. The summed E-state index contributed by atoms with van der Waals surface area (Å²) in [5, 5.41) is 5.81. The van der Waals surface area contributed by atoms with Crippen LogP contribution in [0, 0.1) is 5.92 Å². The number of urea groups is 1. The molecule has 1 aliphatic rings. The number of carbonyl (C=O) groups excluding carboxylic acids is 1. The van der Waals surface area contributed by atoms with Gasteiger partial charge in [0, 0.05) is 19.6 Å². The van der Waals surface area contributed by atoms with E-state index in [9.17, 15) is 4.79 Å². The monoisotopic (exact) mass is 279 g/mol. The quantitative estimate of drug-likeness (QED) is 0.839. The Morgan fingerprint density at radius 3 is 3.15 bits per heavy atom. The van der Waals surface area contributed by atoms with E-state index in [0.29, 0.717) is 5.92 Å². The number of nitrogens with one attached hydrogen (secondary N) is 2. The molecule has 1 fully saturated rings. The Kier molecular flexibility index (Phi) is 5.92. The van der Waals surface area contributed by atoms with Crippen molar-refractivity contribution >= 4 is 6.03 Å². The molecule has 0 bridgehead atoms. The van der Waals surface area contributed by atoms with Gasteiger partial charge in [-0.2, -0.15) is 0 Å². The second-order valence-corrected chi connectivity index (χ2v) is 5.46. The van der Waals surface area contributed by atoms with Crippen LogP contribution in [0.25, 0.3) is 0 Å². The molecule has 0 aromatic carbocycles. The van der Waals surface area contributed by atoms with Crippen LogP contribution in [0.3, 0.4) is 0 Å². The van der Waals surface area contributed by atoms with Crippen LogP contribution in [0.1, 0.15) is 31.9 Å². The van der Waals surface area contributed by atoms with Crippen LogP contribution in [-0.4, -0.2) is 37.1 Å². The molecule has 2 N–H and O–H groups in total. The van der Waals surface area contributed by atoms with Gasteiger partial charge < -0.3 is 15.1 Å². The molecule has 112 valence electrons. The maximum atomic E-state index is 11.5. The Labute approximate surface area is 120 Å². The lowest BCUT2D eigenvalue weighted by Gasteiger charge is -2.32. The fourth-order valence-corrected chi connectivity index (χ4v) is 2.62. The van der Waals surface area contributed by atoms with E-state index in [2.05, 4.69) is 15.5 Å². The van der Waals surface area contributed by atoms with Crippen LogP contribution in [0.5, 0.6) is 0 Å². The molecule has 2 heterocycles. The van der Waals surface area contributed by atoms with Crippen LogP contribution in [-0.2, 0) is 6.54 Å². The molecule has 1 aromatic rings. The summed E-state index contributed by atoms with van der Waals surface area (Å²) in [5.41, 5.74) is 0. The van der Waals surface area contributed by atoms with Gasteiger partial charge in [0.25, 0.3) is 0 Å². The molecule has 1 aliphatic heterocycles. The molecule has 1 saturated heterocycles. The number of furan rings is 1. The lowest BCUT2D eigenvalue weighted by Crippen LogP contribution is -2.43. The van der Waals surface area contributed by atoms with Crippen molar-refractivity contribution in [1.82, 2.24) is 15.5 Å². The highest BCUT2D eigenvalue weighted by molar-refractivity contribution is 5.73. The third-order valence-electron chi connectivity index (χ3n) is 3.65. The van der Waals surface area contributed by atoms with Crippen molar-refractivity contribution in [1.29, 1.82) is 0 Å². The summed E-state index contributed by atoms with van der Waals surface area (Å²) in [4.78, 5) is 13.9. The molecule has 2 rings (SSSR count). The van der Waals surface area contributed by atoms with Gasteiger partial charge in [-0.25, -0.2) is 4.79 Å². The second kappa shape index (κ2) is 7.94. The van der Waals surface area contributed by atoms with Crippen molar-refractivity contribution in [2.45, 2.75) is 32.7 Å². The largest absolute Gasteiger partial charge is 0.468 e. The van der Waals surface area contributed by atoms with Crippen molar-refractivity contribution in [3.63, 3.8) is 0 Å². The molecule has 0 aliphatic carbocycles. The third-order valence-corrected chi connectivity index (χ3v) is 3.65. The Balaban J connectivity index is 1.69. The first kappa shape index (κ1) is 14.9. The molecule has 1 atom stereocenters. The number of piperidine rings is 1. The Hall–Kier alpha value is -1.49. The Bertz CT molecular complexity index is 392. The second-order valence-electron chi connectivity index (χ2n) is 5.46. The maximum Gasteiger partial charge on any atom is 0.314 e. The first-order chi connectivity index (χ1) is 9.78. The van der Waals surface area contributed by atoms with Gasteiger partial charge in [-0.3, -0.25) is 4.90 Å². The lowest BCUT2D eigenvalue weighted by molar-refractivity contribution is 0.155. The van der Waals surface area contributed by atoms with Crippen molar-refractivity contribution < 1.29 is 9.21 Å². The van der Waals surface area contributed by atoms with Crippen molar-refractivity contribution in [2.24, 2.45) is 5.92 Å². The predicted octanol–water partition coefficient (Wildman–Crippen LogP) is 2.20. The van der Waals surface area contributed by atoms with Gasteiger partial charge in [0.05, 0.1) is 12.8 Å². The molecule has 20 heavy (non-hydrogen) atoms. The fourth-order valence-electron chi connectivity index (χ4n) is 2.62. The van der Waals surface area contributed by atoms with Crippen LogP contribution in [0.15, 0.2) is 22.8 Å². The fraction of sp³-hybridized carbons (Fsp3) is 0.667. The van der Waals surface area contributed by atoms with Gasteiger partial charge >= 0.3 is 6.03 Å². The van der Waals surface area contributed by atoms with E-state index in [1.807, 2.05) is 19.1 Å². The molecule has 1 aromatic heterocycles. The lowest BCUT2D eigenvalue weighted by atomic mass is 9.98.